The van der Waals surface area contributed by atoms with Crippen LogP contribution in [0.25, 0.3) is 0 Å². The molecule has 9 heavy (non-hydrogen) atoms. The van der Waals surface area contributed by atoms with Gasteiger partial charge in [-0.25, -0.2) is 0 Å². The van der Waals surface area contributed by atoms with Crippen LogP contribution in [0.5, 0.6) is 0 Å². The molecule has 0 aliphatic carbocycles. The largest absolute Gasteiger partial charge is 0.354 e. The molecule has 1 atom stereocenters. The van der Waals surface area contributed by atoms with Crippen molar-refractivity contribution in [1.82, 2.24) is 5.32 Å². The quantitative estimate of drug-likeness (QED) is 0.485. The molecular formula is C7H13NO. The fourth-order valence-electron chi connectivity index (χ4n) is 0.767. The van der Waals surface area contributed by atoms with Crippen LogP contribution >= 0.6 is 0 Å². The Morgan fingerprint density at radius 2 is 2.22 bits per heavy atom. The third-order valence-corrected chi connectivity index (χ3v) is 1.21. The van der Waals surface area contributed by atoms with Crippen molar-refractivity contribution >= 4 is 5.91 Å². The summed E-state index contributed by atoms with van der Waals surface area (Å²) in [4.78, 5) is 10.3. The summed E-state index contributed by atoms with van der Waals surface area (Å²) < 4.78 is 0. The minimum atomic E-state index is 0.201. The predicted octanol–water partition coefficient (Wildman–Crippen LogP) is 1.09. The van der Waals surface area contributed by atoms with Gasteiger partial charge < -0.3 is 5.32 Å². The first kappa shape index (κ1) is 8.21. The van der Waals surface area contributed by atoms with Gasteiger partial charge >= 0.3 is 0 Å². The van der Waals surface area contributed by atoms with E-state index in [1.807, 2.05) is 6.92 Å². The molecule has 52 valence electrons. The van der Waals surface area contributed by atoms with Crippen molar-refractivity contribution in [2.75, 3.05) is 0 Å². The van der Waals surface area contributed by atoms with Gasteiger partial charge in [0.15, 0.2) is 0 Å². The summed E-state index contributed by atoms with van der Waals surface area (Å²) in [6.07, 6.45) is 1.74. The summed E-state index contributed by atoms with van der Waals surface area (Å²) in [6, 6.07) is 0.424. The Bertz CT molecular complexity index is 101. The molecule has 2 nitrogen and oxygen atoms in total. The zero-order chi connectivity index (χ0) is 7.28. The first-order valence-corrected chi connectivity index (χ1v) is 3.08. The third-order valence-electron chi connectivity index (χ3n) is 1.21. The van der Waals surface area contributed by atoms with E-state index in [2.05, 4.69) is 18.5 Å². The molecule has 1 saturated heterocycles. The maximum absolute atomic E-state index is 10.3. The fourth-order valence-corrected chi connectivity index (χ4v) is 0.767. The molecule has 1 amide bonds. The standard InChI is InChI=1S/C5H9NO.C2H4/c1-4-2-3-5(7)6-4;1-2/h4H,2-3H2,1H3,(H,6,7);1-2H2. The Morgan fingerprint density at radius 3 is 2.33 bits per heavy atom. The van der Waals surface area contributed by atoms with Gasteiger partial charge in [0.05, 0.1) is 0 Å². The van der Waals surface area contributed by atoms with E-state index >= 15 is 0 Å². The van der Waals surface area contributed by atoms with Gasteiger partial charge in [-0.1, -0.05) is 0 Å². The monoisotopic (exact) mass is 127 g/mol. The van der Waals surface area contributed by atoms with E-state index in [0.29, 0.717) is 6.04 Å². The van der Waals surface area contributed by atoms with Crippen molar-refractivity contribution in [3.05, 3.63) is 13.2 Å². The Morgan fingerprint density at radius 1 is 1.67 bits per heavy atom. The zero-order valence-corrected chi connectivity index (χ0v) is 5.81. The fraction of sp³-hybridized carbons (Fsp3) is 0.571. The van der Waals surface area contributed by atoms with Gasteiger partial charge in [0.2, 0.25) is 5.91 Å². The molecule has 0 aromatic heterocycles. The van der Waals surface area contributed by atoms with E-state index < -0.39 is 0 Å². The lowest BCUT2D eigenvalue weighted by atomic mass is 10.3. The molecule has 0 aromatic rings. The molecule has 1 N–H and O–H groups in total. The molecule has 0 saturated carbocycles. The summed E-state index contributed by atoms with van der Waals surface area (Å²) >= 11 is 0. The lowest BCUT2D eigenvalue weighted by Crippen LogP contribution is -2.21. The van der Waals surface area contributed by atoms with E-state index in [9.17, 15) is 4.79 Å². The minimum absolute atomic E-state index is 0.201. The van der Waals surface area contributed by atoms with Crippen molar-refractivity contribution in [3.8, 4) is 0 Å². The second kappa shape index (κ2) is 4.13. The topological polar surface area (TPSA) is 29.1 Å². The average Bonchev–Trinajstić information content (AvgIpc) is 2.20. The summed E-state index contributed by atoms with van der Waals surface area (Å²) in [7, 11) is 0. The second-order valence-electron chi connectivity index (χ2n) is 2.01. The number of hydrogen-bond donors (Lipinski definition) is 1. The number of carbonyl (C=O) groups is 1. The summed E-state index contributed by atoms with van der Waals surface area (Å²) in [5.41, 5.74) is 0. The van der Waals surface area contributed by atoms with Crippen LogP contribution in [-0.2, 0) is 4.79 Å². The van der Waals surface area contributed by atoms with Crippen LogP contribution in [0.4, 0.5) is 0 Å². The van der Waals surface area contributed by atoms with E-state index in [4.69, 9.17) is 0 Å². The highest BCUT2D eigenvalue weighted by Gasteiger charge is 2.14. The van der Waals surface area contributed by atoms with E-state index in [0.717, 1.165) is 12.8 Å². The highest BCUT2D eigenvalue weighted by atomic mass is 16.1. The normalized spacial score (nSPS) is 24.1. The highest BCUT2D eigenvalue weighted by Crippen LogP contribution is 2.03. The van der Waals surface area contributed by atoms with Crippen LogP contribution in [0.1, 0.15) is 19.8 Å². The number of carbonyl (C=O) groups excluding carboxylic acids is 1. The van der Waals surface area contributed by atoms with Crippen molar-refractivity contribution in [2.45, 2.75) is 25.8 Å². The van der Waals surface area contributed by atoms with Crippen molar-refractivity contribution < 1.29 is 4.79 Å². The Kier molecular flexibility index (Phi) is 3.76. The number of rotatable bonds is 0. The molecule has 0 spiro atoms. The average molecular weight is 127 g/mol. The smallest absolute Gasteiger partial charge is 0.220 e. The molecule has 0 radical (unpaired) electrons. The van der Waals surface area contributed by atoms with Gasteiger partial charge in [-0.3, -0.25) is 4.79 Å². The van der Waals surface area contributed by atoms with Gasteiger partial charge in [-0.05, 0) is 13.3 Å². The van der Waals surface area contributed by atoms with Gasteiger partial charge in [-0.2, -0.15) is 0 Å². The van der Waals surface area contributed by atoms with Gasteiger partial charge in [-0.15, -0.1) is 13.2 Å². The first-order chi connectivity index (χ1) is 4.29. The van der Waals surface area contributed by atoms with E-state index in [1.54, 1.807) is 0 Å². The van der Waals surface area contributed by atoms with Gasteiger partial charge in [0.1, 0.15) is 0 Å². The summed E-state index contributed by atoms with van der Waals surface area (Å²) in [5, 5.41) is 2.78. The minimum Gasteiger partial charge on any atom is -0.354 e. The molecule has 1 aliphatic heterocycles. The number of nitrogens with one attached hydrogen (secondary N) is 1. The molecule has 1 fully saturated rings. The predicted molar refractivity (Wildman–Crippen MR) is 38.1 cm³/mol. The maximum Gasteiger partial charge on any atom is 0.220 e. The molecular weight excluding hydrogens is 114 g/mol. The van der Waals surface area contributed by atoms with Crippen LogP contribution in [0, 0.1) is 0 Å². The zero-order valence-electron chi connectivity index (χ0n) is 5.81. The number of amides is 1. The lowest BCUT2D eigenvalue weighted by Gasteiger charge is -1.95. The van der Waals surface area contributed by atoms with Gasteiger partial charge in [0, 0.05) is 12.5 Å². The van der Waals surface area contributed by atoms with Crippen LogP contribution in [0.2, 0.25) is 0 Å². The van der Waals surface area contributed by atoms with E-state index in [1.165, 1.54) is 0 Å². The van der Waals surface area contributed by atoms with Gasteiger partial charge in [0.25, 0.3) is 0 Å². The SMILES string of the molecule is C=C.CC1CCC(=O)N1. The Balaban J connectivity index is 0.000000291. The van der Waals surface area contributed by atoms with Crippen molar-refractivity contribution in [3.63, 3.8) is 0 Å². The lowest BCUT2D eigenvalue weighted by molar-refractivity contribution is -0.119. The first-order valence-electron chi connectivity index (χ1n) is 3.08. The second-order valence-corrected chi connectivity index (χ2v) is 2.01. The van der Waals surface area contributed by atoms with Crippen molar-refractivity contribution in [2.24, 2.45) is 0 Å². The molecule has 1 heterocycles. The molecule has 0 bridgehead atoms. The molecule has 1 aliphatic rings. The maximum atomic E-state index is 10.3. The summed E-state index contributed by atoms with van der Waals surface area (Å²) in [6.45, 7) is 8.02. The molecule has 2 heteroatoms. The third kappa shape index (κ3) is 2.90. The van der Waals surface area contributed by atoms with E-state index in [-0.39, 0.29) is 5.91 Å². The molecule has 1 rings (SSSR count). The van der Waals surface area contributed by atoms with Crippen LogP contribution in [0.15, 0.2) is 13.2 Å². The Hall–Kier alpha value is -0.790. The van der Waals surface area contributed by atoms with Crippen LogP contribution in [-0.4, -0.2) is 11.9 Å². The summed E-state index contributed by atoms with van der Waals surface area (Å²) in [5.74, 6) is 0.201. The highest BCUT2D eigenvalue weighted by molar-refractivity contribution is 5.78. The Labute approximate surface area is 56.0 Å². The van der Waals surface area contributed by atoms with Crippen LogP contribution < -0.4 is 5.32 Å². The van der Waals surface area contributed by atoms with Crippen LogP contribution in [0.3, 0.4) is 0 Å². The molecule has 0 aromatic carbocycles. The van der Waals surface area contributed by atoms with Crippen molar-refractivity contribution in [1.29, 1.82) is 0 Å². The number of hydrogen-bond acceptors (Lipinski definition) is 1. The molecule has 1 unspecified atom stereocenters.